The third-order valence-corrected chi connectivity index (χ3v) is 11.1. The zero-order valence-corrected chi connectivity index (χ0v) is 26.5. The molecule has 4 bridgehead atoms. The van der Waals surface area contributed by atoms with Crippen LogP contribution in [0.5, 0.6) is 11.5 Å². The summed E-state index contributed by atoms with van der Waals surface area (Å²) in [6.45, 7) is -0.517. The molecular weight excluding hydrogens is 636 g/mol. The number of carboxylic acid groups (broad SMARTS) is 1. The smallest absolute Gasteiger partial charge is 0.328 e. The first kappa shape index (κ1) is 32.8. The number of rotatable bonds is 10. The second-order valence-corrected chi connectivity index (χ2v) is 13.7. The molecule has 5 N–H and O–H groups in total. The number of benzene rings is 2. The van der Waals surface area contributed by atoms with Crippen LogP contribution in [0.1, 0.15) is 48.8 Å². The van der Waals surface area contributed by atoms with Crippen molar-refractivity contribution in [3.63, 3.8) is 0 Å². The zero-order valence-electron chi connectivity index (χ0n) is 25.7. The van der Waals surface area contributed by atoms with Gasteiger partial charge in [0.25, 0.3) is 5.79 Å². The van der Waals surface area contributed by atoms with E-state index in [4.69, 9.17) is 40.3 Å². The zero-order chi connectivity index (χ0) is 33.1. The highest BCUT2D eigenvalue weighted by atomic mass is 35.5. The molecule has 4 saturated carbocycles. The molecule has 254 valence electrons. The number of aliphatic hydroxyl groups is 4. The van der Waals surface area contributed by atoms with E-state index in [-0.39, 0.29) is 29.2 Å². The summed E-state index contributed by atoms with van der Waals surface area (Å²) in [5.41, 5.74) is 1.05. The Balaban J connectivity index is 1.13. The summed E-state index contributed by atoms with van der Waals surface area (Å²) in [5, 5.41) is 49.3. The molecular formula is C34H39ClO12. The highest BCUT2D eigenvalue weighted by Gasteiger charge is 2.77. The van der Waals surface area contributed by atoms with Gasteiger partial charge in [-0.15, -0.1) is 0 Å². The van der Waals surface area contributed by atoms with Gasteiger partial charge in [0.05, 0.1) is 11.6 Å². The van der Waals surface area contributed by atoms with Gasteiger partial charge in [-0.1, -0.05) is 35.9 Å². The normalized spacial score (nSPS) is 38.9. The van der Waals surface area contributed by atoms with E-state index < -0.39 is 54.7 Å². The van der Waals surface area contributed by atoms with E-state index in [0.29, 0.717) is 34.3 Å². The fourth-order valence-electron chi connectivity index (χ4n) is 8.71. The van der Waals surface area contributed by atoms with E-state index in [2.05, 4.69) is 0 Å². The lowest BCUT2D eigenvalue weighted by Crippen LogP contribution is -2.76. The van der Waals surface area contributed by atoms with E-state index in [0.717, 1.165) is 31.8 Å². The number of aliphatic carboxylic acids is 1. The van der Waals surface area contributed by atoms with Gasteiger partial charge < -0.3 is 44.5 Å². The van der Waals surface area contributed by atoms with Crippen LogP contribution in [-0.2, 0) is 36.4 Å². The standard InChI is InChI=1S/C34H39ClO12/c1-42-34(33(46-47-34)21-11-18-10-19(13-21)14-22(33)12-18)24-8-4-20(5-9-26(37)38)31(27(24)35)43-16-17-2-6-23(7-3-17)44-32-30(41)29(40)28(39)25(15-36)45-32/h2-9,18-19,21-22,25,28-30,32,36,39-41H,10-16H2,1H3,(H,37,38)/b9-5+/t18?,19?,21?,22?,25-,28+,29+,30-,32-,33?,34?/m1/s1. The van der Waals surface area contributed by atoms with Crippen molar-refractivity contribution in [2.24, 2.45) is 23.7 Å². The van der Waals surface area contributed by atoms with Gasteiger partial charge in [-0.05, 0) is 79.5 Å². The van der Waals surface area contributed by atoms with Crippen LogP contribution in [0.4, 0.5) is 0 Å². The topological polar surface area (TPSA) is 174 Å². The maximum absolute atomic E-state index is 11.4. The molecule has 2 heterocycles. The molecule has 13 heteroatoms. The number of ether oxygens (including phenoxy) is 4. The fraction of sp³-hybridized carbons (Fsp3) is 0.559. The van der Waals surface area contributed by atoms with Gasteiger partial charge in [-0.2, -0.15) is 4.89 Å². The lowest BCUT2D eigenvalue weighted by molar-refractivity contribution is -0.645. The largest absolute Gasteiger partial charge is 0.487 e. The third-order valence-electron chi connectivity index (χ3n) is 10.7. The number of carbonyl (C=O) groups is 1. The first-order valence-electron chi connectivity index (χ1n) is 15.9. The van der Waals surface area contributed by atoms with E-state index in [1.807, 2.05) is 0 Å². The Morgan fingerprint density at radius 1 is 0.957 bits per heavy atom. The predicted molar refractivity (Wildman–Crippen MR) is 164 cm³/mol. The van der Waals surface area contributed by atoms with Gasteiger partial charge >= 0.3 is 5.97 Å². The van der Waals surface area contributed by atoms with Crippen LogP contribution in [0.15, 0.2) is 42.5 Å². The lowest BCUT2D eigenvalue weighted by Gasteiger charge is -2.68. The van der Waals surface area contributed by atoms with Crippen LogP contribution in [0.3, 0.4) is 0 Å². The Kier molecular flexibility index (Phi) is 8.77. The monoisotopic (exact) mass is 674 g/mol. The van der Waals surface area contributed by atoms with Crippen molar-refractivity contribution in [3.8, 4) is 11.5 Å². The maximum Gasteiger partial charge on any atom is 0.328 e. The second kappa shape index (κ2) is 12.6. The molecule has 2 saturated heterocycles. The minimum Gasteiger partial charge on any atom is -0.487 e. The molecule has 6 aliphatic rings. The lowest BCUT2D eigenvalue weighted by atomic mass is 9.47. The summed E-state index contributed by atoms with van der Waals surface area (Å²) in [5.74, 6) is 0.0997. The number of hydrogen-bond acceptors (Lipinski definition) is 11. The number of methoxy groups -OCH3 is 1. The van der Waals surface area contributed by atoms with E-state index in [9.17, 15) is 30.3 Å². The molecule has 0 amide bonds. The number of aliphatic hydroxyl groups excluding tert-OH is 4. The molecule has 47 heavy (non-hydrogen) atoms. The van der Waals surface area contributed by atoms with Crippen LogP contribution in [0, 0.1) is 23.7 Å². The average molecular weight is 675 g/mol. The van der Waals surface area contributed by atoms with Gasteiger partial charge in [0, 0.05) is 24.3 Å². The minimum absolute atomic E-state index is 0.0501. The SMILES string of the molecule is COC1(c2ccc(/C=C/C(=O)O)c(OCc3ccc(O[C@@H]4O[C@H](CO)[C@H](O)[C@H](O)[C@H]4O)cc3)c2Cl)OOC12C1CC3CC(C1)CC2C3. The second-order valence-electron chi connectivity index (χ2n) is 13.3. The van der Waals surface area contributed by atoms with E-state index in [1.165, 1.54) is 12.5 Å². The van der Waals surface area contributed by atoms with E-state index in [1.54, 1.807) is 43.5 Å². The van der Waals surface area contributed by atoms with Crippen molar-refractivity contribution in [1.82, 2.24) is 0 Å². The van der Waals surface area contributed by atoms with Crippen molar-refractivity contribution >= 4 is 23.6 Å². The Hall–Kier alpha value is -2.78. The molecule has 6 atom stereocenters. The molecule has 1 spiro atoms. The van der Waals surface area contributed by atoms with Crippen LogP contribution < -0.4 is 9.47 Å². The Morgan fingerprint density at radius 3 is 2.21 bits per heavy atom. The molecule has 2 aliphatic heterocycles. The van der Waals surface area contributed by atoms with E-state index >= 15 is 0 Å². The van der Waals surface area contributed by atoms with Crippen LogP contribution in [0.2, 0.25) is 5.02 Å². The van der Waals surface area contributed by atoms with Crippen molar-refractivity contribution in [2.45, 2.75) is 80.8 Å². The number of halogens is 1. The van der Waals surface area contributed by atoms with Crippen molar-refractivity contribution < 1.29 is 59.0 Å². The first-order valence-corrected chi connectivity index (χ1v) is 16.3. The number of carboxylic acids is 1. The van der Waals surface area contributed by atoms with Gasteiger partial charge in [-0.3, -0.25) is 0 Å². The van der Waals surface area contributed by atoms with Crippen molar-refractivity contribution in [2.75, 3.05) is 13.7 Å². The third kappa shape index (κ3) is 5.34. The maximum atomic E-state index is 11.4. The Labute approximate surface area is 276 Å². The molecule has 2 aromatic carbocycles. The summed E-state index contributed by atoms with van der Waals surface area (Å²) in [7, 11) is 1.60. The molecule has 12 nitrogen and oxygen atoms in total. The van der Waals surface area contributed by atoms with Crippen molar-refractivity contribution in [1.29, 1.82) is 0 Å². The summed E-state index contributed by atoms with van der Waals surface area (Å²) in [6, 6.07) is 10.2. The molecule has 1 unspecified atom stereocenters. The highest BCUT2D eigenvalue weighted by Crippen LogP contribution is 2.70. The molecule has 8 rings (SSSR count). The van der Waals surface area contributed by atoms with Crippen LogP contribution in [0.25, 0.3) is 6.08 Å². The summed E-state index contributed by atoms with van der Waals surface area (Å²) >= 11 is 7.13. The molecule has 0 aromatic heterocycles. The Bertz CT molecular complexity index is 1480. The van der Waals surface area contributed by atoms with Gasteiger partial charge in [0.1, 0.15) is 42.5 Å². The summed E-state index contributed by atoms with van der Waals surface area (Å²) in [4.78, 5) is 23.4. The molecule has 6 fully saturated rings. The van der Waals surface area contributed by atoms with Crippen LogP contribution >= 0.6 is 11.6 Å². The van der Waals surface area contributed by atoms with Gasteiger partial charge in [0.15, 0.2) is 5.60 Å². The molecule has 0 radical (unpaired) electrons. The highest BCUT2D eigenvalue weighted by molar-refractivity contribution is 6.33. The van der Waals surface area contributed by atoms with Gasteiger partial charge in [0.2, 0.25) is 6.29 Å². The average Bonchev–Trinajstić information content (AvgIpc) is 3.04. The minimum atomic E-state index is -1.56. The predicted octanol–water partition coefficient (Wildman–Crippen LogP) is 3.15. The quantitative estimate of drug-likeness (QED) is 0.184. The van der Waals surface area contributed by atoms with Crippen LogP contribution in [-0.4, -0.2) is 81.5 Å². The first-order chi connectivity index (χ1) is 22.6. The fourth-order valence-corrected chi connectivity index (χ4v) is 9.06. The summed E-state index contributed by atoms with van der Waals surface area (Å²) < 4.78 is 23.6. The molecule has 2 aromatic rings. The summed E-state index contributed by atoms with van der Waals surface area (Å²) in [6.07, 6.45) is 0.913. The number of hydrogen-bond donors (Lipinski definition) is 5. The van der Waals surface area contributed by atoms with Gasteiger partial charge in [-0.25, -0.2) is 9.68 Å². The molecule has 4 aliphatic carbocycles. The van der Waals surface area contributed by atoms with Crippen molar-refractivity contribution in [3.05, 3.63) is 64.2 Å². The Morgan fingerprint density at radius 2 is 1.64 bits per heavy atom.